The highest BCUT2D eigenvalue weighted by atomic mass is 19.3. The van der Waals surface area contributed by atoms with Crippen molar-refractivity contribution in [3.63, 3.8) is 0 Å². The van der Waals surface area contributed by atoms with E-state index in [0.29, 0.717) is 0 Å². The Kier molecular flexibility index (Phi) is 2.13. The van der Waals surface area contributed by atoms with Crippen LogP contribution in [0.5, 0.6) is 0 Å². The number of hydrogen-bond donors (Lipinski definition) is 0. The molecular formula is C8H12F4. The van der Waals surface area contributed by atoms with E-state index in [4.69, 9.17) is 0 Å². The summed E-state index contributed by atoms with van der Waals surface area (Å²) in [5.74, 6) is -3.24. The third-order valence-corrected chi connectivity index (χ3v) is 2.76. The Hall–Kier alpha value is -0.280. The van der Waals surface area contributed by atoms with Gasteiger partial charge in [-0.25, -0.2) is 17.6 Å². The normalized spacial score (nSPS) is 26.0. The quantitative estimate of drug-likeness (QED) is 0.577. The molecule has 0 atom stereocenters. The first-order chi connectivity index (χ1) is 5.30. The van der Waals surface area contributed by atoms with Gasteiger partial charge in [0.15, 0.2) is 0 Å². The van der Waals surface area contributed by atoms with Crippen LogP contribution in [-0.4, -0.2) is 12.3 Å². The van der Waals surface area contributed by atoms with Crippen LogP contribution in [0.25, 0.3) is 0 Å². The lowest BCUT2D eigenvalue weighted by Crippen LogP contribution is -2.53. The number of hydrogen-bond acceptors (Lipinski definition) is 0. The van der Waals surface area contributed by atoms with E-state index in [2.05, 4.69) is 0 Å². The fraction of sp³-hybridized carbons (Fsp3) is 1.00. The van der Waals surface area contributed by atoms with Gasteiger partial charge in [0, 0.05) is 18.3 Å². The van der Waals surface area contributed by atoms with Crippen molar-refractivity contribution in [1.82, 2.24) is 0 Å². The predicted octanol–water partition coefficient (Wildman–Crippen LogP) is 3.32. The van der Waals surface area contributed by atoms with Crippen LogP contribution in [0.2, 0.25) is 0 Å². The second-order valence-electron chi connectivity index (χ2n) is 3.90. The molecule has 0 radical (unpaired) electrons. The minimum atomic E-state index is -2.86. The molecule has 1 fully saturated rings. The first kappa shape index (κ1) is 9.81. The summed E-state index contributed by atoms with van der Waals surface area (Å²) in [5, 5.41) is 0. The second-order valence-corrected chi connectivity index (χ2v) is 3.90. The van der Waals surface area contributed by atoms with E-state index in [1.54, 1.807) is 13.8 Å². The standard InChI is InChI=1S/C8H12F4/c1-5(2)7(6(9)10)3-8(11,12)4-7/h5-6H,3-4H2,1-2H3. The molecule has 0 N–H and O–H groups in total. The van der Waals surface area contributed by atoms with Crippen molar-refractivity contribution < 1.29 is 17.6 Å². The molecule has 12 heavy (non-hydrogen) atoms. The van der Waals surface area contributed by atoms with Crippen LogP contribution < -0.4 is 0 Å². The molecule has 0 bridgehead atoms. The zero-order valence-corrected chi connectivity index (χ0v) is 7.08. The molecule has 72 valence electrons. The first-order valence-electron chi connectivity index (χ1n) is 3.96. The van der Waals surface area contributed by atoms with Crippen LogP contribution in [0.3, 0.4) is 0 Å². The second kappa shape index (κ2) is 2.60. The monoisotopic (exact) mass is 184 g/mol. The average molecular weight is 184 g/mol. The molecule has 0 aromatic rings. The van der Waals surface area contributed by atoms with E-state index in [1.807, 2.05) is 0 Å². The van der Waals surface area contributed by atoms with E-state index in [0.717, 1.165) is 0 Å². The van der Waals surface area contributed by atoms with E-state index < -0.39 is 30.6 Å². The lowest BCUT2D eigenvalue weighted by Gasteiger charge is -2.49. The highest BCUT2D eigenvalue weighted by molar-refractivity contribution is 5.02. The molecule has 0 nitrogen and oxygen atoms in total. The molecule has 0 saturated heterocycles. The van der Waals surface area contributed by atoms with Crippen LogP contribution in [0.1, 0.15) is 26.7 Å². The third kappa shape index (κ3) is 1.31. The van der Waals surface area contributed by atoms with Gasteiger partial charge in [0.25, 0.3) is 0 Å². The van der Waals surface area contributed by atoms with Gasteiger partial charge in [0.2, 0.25) is 12.3 Å². The Morgan fingerprint density at radius 3 is 1.58 bits per heavy atom. The van der Waals surface area contributed by atoms with E-state index in [-0.39, 0.29) is 5.92 Å². The van der Waals surface area contributed by atoms with Gasteiger partial charge in [0.1, 0.15) is 0 Å². The van der Waals surface area contributed by atoms with Crippen LogP contribution >= 0.6 is 0 Å². The molecular weight excluding hydrogens is 172 g/mol. The molecule has 1 rings (SSSR count). The Balaban J connectivity index is 2.69. The molecule has 1 saturated carbocycles. The molecule has 0 heterocycles. The van der Waals surface area contributed by atoms with Gasteiger partial charge >= 0.3 is 0 Å². The zero-order chi connectivity index (χ0) is 9.57. The highest BCUT2D eigenvalue weighted by Crippen LogP contribution is 2.59. The molecule has 0 aromatic heterocycles. The molecule has 0 aromatic carbocycles. The maximum absolute atomic E-state index is 12.4. The van der Waals surface area contributed by atoms with Gasteiger partial charge in [-0.2, -0.15) is 0 Å². The van der Waals surface area contributed by atoms with Crippen LogP contribution in [0.4, 0.5) is 17.6 Å². The summed E-state index contributed by atoms with van der Waals surface area (Å²) in [6, 6.07) is 0. The first-order valence-corrected chi connectivity index (χ1v) is 3.96. The van der Waals surface area contributed by atoms with Gasteiger partial charge in [0.05, 0.1) is 0 Å². The zero-order valence-electron chi connectivity index (χ0n) is 7.08. The molecule has 0 aliphatic heterocycles. The van der Waals surface area contributed by atoms with E-state index in [1.165, 1.54) is 0 Å². The fourth-order valence-corrected chi connectivity index (χ4v) is 1.73. The lowest BCUT2D eigenvalue weighted by atomic mass is 9.60. The smallest absolute Gasteiger partial charge is 0.210 e. The summed E-state index contributed by atoms with van der Waals surface area (Å²) >= 11 is 0. The molecule has 0 amide bonds. The van der Waals surface area contributed by atoms with Crippen molar-refractivity contribution in [2.75, 3.05) is 0 Å². The Bertz CT molecular complexity index is 156. The number of halogens is 4. The van der Waals surface area contributed by atoms with Gasteiger partial charge in [-0.3, -0.25) is 0 Å². The van der Waals surface area contributed by atoms with E-state index in [9.17, 15) is 17.6 Å². The van der Waals surface area contributed by atoms with Crippen molar-refractivity contribution in [3.8, 4) is 0 Å². The van der Waals surface area contributed by atoms with Crippen LogP contribution in [-0.2, 0) is 0 Å². The molecule has 4 heteroatoms. The summed E-state index contributed by atoms with van der Waals surface area (Å²) in [7, 11) is 0. The Morgan fingerprint density at radius 1 is 1.08 bits per heavy atom. The molecule has 1 aliphatic rings. The summed E-state index contributed by atoms with van der Waals surface area (Å²) in [5.41, 5.74) is -1.43. The SMILES string of the molecule is CC(C)C1(C(F)F)CC(F)(F)C1. The van der Waals surface area contributed by atoms with E-state index >= 15 is 0 Å². The average Bonchev–Trinajstić information content (AvgIpc) is 1.80. The van der Waals surface area contributed by atoms with Gasteiger partial charge in [-0.1, -0.05) is 13.8 Å². The molecule has 0 spiro atoms. The maximum atomic E-state index is 12.4. The molecule has 0 unspecified atom stereocenters. The topological polar surface area (TPSA) is 0 Å². The maximum Gasteiger partial charge on any atom is 0.249 e. The highest BCUT2D eigenvalue weighted by Gasteiger charge is 2.62. The summed E-state index contributed by atoms with van der Waals surface area (Å²) < 4.78 is 49.6. The van der Waals surface area contributed by atoms with Crippen molar-refractivity contribution in [1.29, 1.82) is 0 Å². The van der Waals surface area contributed by atoms with Crippen LogP contribution in [0.15, 0.2) is 0 Å². The number of alkyl halides is 4. The van der Waals surface area contributed by atoms with Gasteiger partial charge < -0.3 is 0 Å². The lowest BCUT2D eigenvalue weighted by molar-refractivity contribution is -0.228. The van der Waals surface area contributed by atoms with Crippen molar-refractivity contribution in [2.24, 2.45) is 11.3 Å². The minimum Gasteiger partial charge on any atom is -0.210 e. The van der Waals surface area contributed by atoms with Gasteiger partial charge in [-0.15, -0.1) is 0 Å². The van der Waals surface area contributed by atoms with Crippen molar-refractivity contribution in [3.05, 3.63) is 0 Å². The minimum absolute atomic E-state index is 0.378. The largest absolute Gasteiger partial charge is 0.249 e. The van der Waals surface area contributed by atoms with Crippen LogP contribution in [0, 0.1) is 11.3 Å². The summed E-state index contributed by atoms with van der Waals surface area (Å²) in [6.45, 7) is 3.14. The predicted molar refractivity (Wildman–Crippen MR) is 37.5 cm³/mol. The summed E-state index contributed by atoms with van der Waals surface area (Å²) in [4.78, 5) is 0. The summed E-state index contributed by atoms with van der Waals surface area (Å²) in [6.07, 6.45) is -3.94. The third-order valence-electron chi connectivity index (χ3n) is 2.76. The Labute approximate surface area is 69.0 Å². The van der Waals surface area contributed by atoms with Crippen molar-refractivity contribution in [2.45, 2.75) is 39.0 Å². The molecule has 1 aliphatic carbocycles. The van der Waals surface area contributed by atoms with Crippen molar-refractivity contribution >= 4 is 0 Å². The fourth-order valence-electron chi connectivity index (χ4n) is 1.73. The number of rotatable bonds is 2. The Morgan fingerprint density at radius 2 is 1.50 bits per heavy atom. The van der Waals surface area contributed by atoms with Gasteiger partial charge in [-0.05, 0) is 5.92 Å².